The zero-order chi connectivity index (χ0) is 40.6. The molecule has 55 heavy (non-hydrogen) atoms. The van der Waals surface area contributed by atoms with Crippen molar-refractivity contribution in [2.24, 2.45) is 57.2 Å². The highest BCUT2D eigenvalue weighted by molar-refractivity contribution is 5.48. The summed E-state index contributed by atoms with van der Waals surface area (Å²) in [6, 6.07) is 0. The fourth-order valence-corrected chi connectivity index (χ4v) is 12.8. The molecule has 6 rings (SSSR count). The molecule has 4 saturated carbocycles. The molecule has 0 amide bonds. The normalized spacial score (nSPS) is 37.3. The lowest BCUT2D eigenvalue weighted by molar-refractivity contribution is -0.223. The first-order chi connectivity index (χ1) is 24.7. The van der Waals surface area contributed by atoms with Crippen LogP contribution in [0.25, 0.3) is 0 Å². The van der Waals surface area contributed by atoms with Gasteiger partial charge in [-0.15, -0.1) is 0 Å². The third kappa shape index (κ3) is 11.2. The summed E-state index contributed by atoms with van der Waals surface area (Å²) in [6.07, 6.45) is 14.3. The third-order valence-corrected chi connectivity index (χ3v) is 15.5. The predicted molar refractivity (Wildman–Crippen MR) is 225 cm³/mol. The Labute approximate surface area is 336 Å². The summed E-state index contributed by atoms with van der Waals surface area (Å²) in [7, 11) is 2.00. The van der Waals surface area contributed by atoms with Crippen molar-refractivity contribution in [3.05, 3.63) is 24.0 Å². The van der Waals surface area contributed by atoms with Gasteiger partial charge >= 0.3 is 6.18 Å². The molecule has 1 heterocycles. The van der Waals surface area contributed by atoms with E-state index in [0.717, 1.165) is 57.1 Å². The largest absolute Gasteiger partial charge is 0.512 e. The molecule has 328 valence electrons. The van der Waals surface area contributed by atoms with Crippen LogP contribution in [-0.2, 0) is 4.79 Å². The van der Waals surface area contributed by atoms with Gasteiger partial charge in [-0.2, -0.15) is 13.2 Å². The number of fused-ring (bicyclic) bond motifs is 7. The van der Waals surface area contributed by atoms with Crippen LogP contribution in [0.3, 0.4) is 0 Å². The molecule has 0 unspecified atom stereocenters. The maximum Gasteiger partial charge on any atom is 0.386 e. The van der Waals surface area contributed by atoms with Crippen LogP contribution in [0, 0.1) is 57.2 Å². The number of rotatable bonds is 6. The lowest BCUT2D eigenvalue weighted by Crippen LogP contribution is -2.68. The first-order valence-electron chi connectivity index (χ1n) is 20.6. The number of hydrogen-bond donors (Lipinski definition) is 4. The number of nitrogens with zero attached hydrogens (tertiary/aromatic N) is 1. The first-order valence-corrected chi connectivity index (χ1v) is 20.6. The van der Waals surface area contributed by atoms with Gasteiger partial charge in [-0.1, -0.05) is 68.0 Å². The Morgan fingerprint density at radius 2 is 1.49 bits per heavy atom. The molecule has 0 bridgehead atoms. The molecule has 1 aliphatic heterocycles. The second kappa shape index (κ2) is 21.5. The molecule has 1 saturated heterocycles. The van der Waals surface area contributed by atoms with E-state index < -0.39 is 6.18 Å². The second-order valence-corrected chi connectivity index (χ2v) is 18.7. The summed E-state index contributed by atoms with van der Waals surface area (Å²) >= 11 is 0. The minimum atomic E-state index is -4.00. The van der Waals surface area contributed by atoms with Crippen LogP contribution in [0.2, 0.25) is 0 Å². The van der Waals surface area contributed by atoms with Crippen LogP contribution in [-0.4, -0.2) is 84.1 Å². The van der Waals surface area contributed by atoms with Gasteiger partial charge in [-0.3, -0.25) is 0 Å². The first kappa shape index (κ1) is 53.5. The number of aldehydes is 1. The summed E-state index contributed by atoms with van der Waals surface area (Å²) < 4.78 is 31.1. The quantitative estimate of drug-likeness (QED) is 0.157. The van der Waals surface area contributed by atoms with Gasteiger partial charge in [0.2, 0.25) is 0 Å². The van der Waals surface area contributed by atoms with Gasteiger partial charge in [-0.25, -0.2) is 0 Å². The standard InChI is InChI=1S/C37H62N2O.C3H6O.C2H3F3.2CH4O.CH4.H2O.H2/c1-25(2)27-11-18-37(38-21-24-39-22-14-26(3)15-23-39)20-19-35(7)28(32(27)37)9-10-30-34(6)16-13-31(40)33(4,5)29(34)12-17-36(30,35)8;1-2-3-4;1-2(3,4)5;2*1-2;;;/h13,26-30,32,38,40H,1,9-12,14-24H2,2-8H3;3H,2H2,1H3;1H3;2*2H,1H3;1H4;1H2;1H/t27-,28+,29-,30+,32+,34-,35+,36+,37-;;;;;;;/m0......./s1. The molecule has 0 aromatic heterocycles. The number of carbonyl (C=O) groups is 1. The van der Waals surface area contributed by atoms with Gasteiger partial charge in [0.05, 0.1) is 5.76 Å². The molecule has 0 radical (unpaired) electrons. The van der Waals surface area contributed by atoms with Crippen LogP contribution < -0.4 is 5.32 Å². The highest BCUT2D eigenvalue weighted by Gasteiger charge is 2.70. The lowest BCUT2D eigenvalue weighted by Gasteiger charge is -2.72. The van der Waals surface area contributed by atoms with Crippen molar-refractivity contribution in [1.29, 1.82) is 0 Å². The van der Waals surface area contributed by atoms with Crippen molar-refractivity contribution in [3.63, 3.8) is 0 Å². The second-order valence-electron chi connectivity index (χ2n) is 18.7. The van der Waals surface area contributed by atoms with E-state index in [0.29, 0.717) is 45.8 Å². The molecule has 0 aromatic carbocycles. The summed E-state index contributed by atoms with van der Waals surface area (Å²) in [5, 5.41) is 29.2. The van der Waals surface area contributed by atoms with Crippen LogP contribution in [0.15, 0.2) is 24.0 Å². The van der Waals surface area contributed by atoms with E-state index in [1.807, 2.05) is 6.92 Å². The number of aliphatic hydroxyl groups excluding tert-OH is 3. The highest BCUT2D eigenvalue weighted by Crippen LogP contribution is 2.76. The number of aliphatic hydroxyl groups is 3. The maximum atomic E-state index is 10.9. The average molecular weight is 793 g/mol. The van der Waals surface area contributed by atoms with E-state index in [4.69, 9.17) is 10.2 Å². The van der Waals surface area contributed by atoms with Crippen LogP contribution in [0.1, 0.15) is 148 Å². The molecular formula is C45H87F3N2O5. The molecule has 0 aromatic rings. The molecule has 9 atom stereocenters. The third-order valence-electron chi connectivity index (χ3n) is 15.5. The van der Waals surface area contributed by atoms with E-state index in [-0.39, 0.29) is 26.7 Å². The zero-order valence-corrected chi connectivity index (χ0v) is 36.0. The number of carbonyl (C=O) groups excluding carboxylic acids is 1. The van der Waals surface area contributed by atoms with Crippen LogP contribution >= 0.6 is 0 Å². The Hall–Kier alpha value is -1.46. The topological polar surface area (TPSA) is 125 Å². The molecular weight excluding hydrogens is 705 g/mol. The van der Waals surface area contributed by atoms with Gasteiger partial charge in [-0.05, 0) is 148 Å². The predicted octanol–water partition coefficient (Wildman–Crippen LogP) is 10.2. The Morgan fingerprint density at radius 3 is 2.00 bits per heavy atom. The maximum absolute atomic E-state index is 10.9. The average Bonchev–Trinajstić information content (AvgIpc) is 3.49. The van der Waals surface area contributed by atoms with Gasteiger partial charge in [0.1, 0.15) is 6.29 Å². The van der Waals surface area contributed by atoms with Gasteiger partial charge < -0.3 is 35.8 Å². The molecule has 5 fully saturated rings. The van der Waals surface area contributed by atoms with E-state index in [1.165, 1.54) is 89.4 Å². The minimum absolute atomic E-state index is 0. The Bertz CT molecular complexity index is 1200. The molecule has 7 nitrogen and oxygen atoms in total. The number of alkyl halides is 3. The van der Waals surface area contributed by atoms with Crippen molar-refractivity contribution < 1.29 is 40.2 Å². The minimum Gasteiger partial charge on any atom is -0.512 e. The van der Waals surface area contributed by atoms with Crippen LogP contribution in [0.4, 0.5) is 13.2 Å². The summed E-state index contributed by atoms with van der Waals surface area (Å²) in [6.45, 7) is 29.1. The number of allylic oxidation sites excluding steroid dienone is 3. The SMILES string of the molecule is C.C=C(C)[C@@H]1CC[C@]2(NCCN3CCC(C)CC3)CC[C@]3(C)[C@H](CC[C@@H]4[C@@]5(C)CC=C(O)C(C)(C)[C@@H]5CC[C@]43C)[C@@H]12.CC(F)(F)F.CCC=O.CO.CO.O.[HH]. The summed E-state index contributed by atoms with van der Waals surface area (Å²) in [4.78, 5) is 11.9. The monoisotopic (exact) mass is 793 g/mol. The summed E-state index contributed by atoms with van der Waals surface area (Å²) in [5.41, 5.74) is 2.70. The van der Waals surface area contributed by atoms with Crippen LogP contribution in [0.5, 0.6) is 0 Å². The lowest BCUT2D eigenvalue weighted by atomic mass is 9.33. The number of piperidine rings is 1. The van der Waals surface area contributed by atoms with E-state index in [1.54, 1.807) is 0 Å². The number of nitrogens with one attached hydrogen (secondary N) is 1. The van der Waals surface area contributed by atoms with E-state index in [9.17, 15) is 23.1 Å². The molecule has 0 spiro atoms. The Balaban J connectivity index is 0. The van der Waals surface area contributed by atoms with Crippen molar-refractivity contribution in [2.45, 2.75) is 159 Å². The smallest absolute Gasteiger partial charge is 0.386 e. The van der Waals surface area contributed by atoms with Crippen molar-refractivity contribution in [3.8, 4) is 0 Å². The molecule has 5 aliphatic carbocycles. The van der Waals surface area contributed by atoms with Gasteiger partial charge in [0.15, 0.2) is 0 Å². The summed E-state index contributed by atoms with van der Waals surface area (Å²) in [5.74, 6) is 5.09. The zero-order valence-electron chi connectivity index (χ0n) is 36.0. The van der Waals surface area contributed by atoms with E-state index >= 15 is 0 Å². The Morgan fingerprint density at radius 1 is 0.945 bits per heavy atom. The van der Waals surface area contributed by atoms with Gasteiger partial charge in [0.25, 0.3) is 0 Å². The fraction of sp³-hybridized carbons (Fsp3) is 0.889. The Kier molecular flexibility index (Phi) is 20.9. The van der Waals surface area contributed by atoms with Crippen molar-refractivity contribution >= 4 is 6.29 Å². The molecule has 6 aliphatic rings. The van der Waals surface area contributed by atoms with E-state index in [2.05, 4.69) is 71.3 Å². The van der Waals surface area contributed by atoms with Crippen molar-refractivity contribution in [2.75, 3.05) is 40.4 Å². The number of hydrogen-bond acceptors (Lipinski definition) is 6. The number of likely N-dealkylation sites (tertiary alicyclic amines) is 1. The molecule has 10 heteroatoms. The fourth-order valence-electron chi connectivity index (χ4n) is 12.8. The number of halogens is 3. The molecule has 6 N–H and O–H groups in total. The van der Waals surface area contributed by atoms with Gasteiger partial charge in [0, 0.05) is 53.0 Å². The van der Waals surface area contributed by atoms with Crippen molar-refractivity contribution in [1.82, 2.24) is 10.2 Å². The highest BCUT2D eigenvalue weighted by atomic mass is 19.4.